The summed E-state index contributed by atoms with van der Waals surface area (Å²) >= 11 is 18.3. The molecule has 1 saturated heterocycles. The maximum absolute atomic E-state index is 15.0. The molecule has 0 radical (unpaired) electrons. The molecule has 2 aliphatic rings. The molecule has 1 N–H and O–H groups in total. The predicted molar refractivity (Wildman–Crippen MR) is 141 cm³/mol. The first kappa shape index (κ1) is 28.9. The molecule has 11 heteroatoms. The summed E-state index contributed by atoms with van der Waals surface area (Å²) in [4.78, 5) is 15.5. The summed E-state index contributed by atoms with van der Waals surface area (Å²) in [5, 5.41) is 3.32. The van der Waals surface area contributed by atoms with E-state index in [9.17, 15) is 18.0 Å². The van der Waals surface area contributed by atoms with Crippen LogP contribution >= 0.6 is 34.8 Å². The van der Waals surface area contributed by atoms with Gasteiger partial charge in [0.1, 0.15) is 5.54 Å². The van der Waals surface area contributed by atoms with E-state index in [-0.39, 0.29) is 19.4 Å². The lowest BCUT2D eigenvalue weighted by molar-refractivity contribution is -0.164. The van der Waals surface area contributed by atoms with E-state index in [0.29, 0.717) is 18.1 Å². The van der Waals surface area contributed by atoms with Gasteiger partial charge in [-0.3, -0.25) is 10.2 Å². The third-order valence-electron chi connectivity index (χ3n) is 7.13. The van der Waals surface area contributed by atoms with Gasteiger partial charge in [-0.2, -0.15) is 4.39 Å². The fraction of sp³-hybridized carbons (Fsp3) is 0.444. The molecule has 206 valence electrons. The highest BCUT2D eigenvalue weighted by molar-refractivity contribution is 6.68. The van der Waals surface area contributed by atoms with Gasteiger partial charge in [0.2, 0.25) is 9.61 Å². The highest BCUT2D eigenvalue weighted by atomic mass is 35.6. The van der Waals surface area contributed by atoms with Gasteiger partial charge in [0.25, 0.3) is 0 Å². The highest BCUT2D eigenvalue weighted by Gasteiger charge is 2.65. The number of hydrogen-bond acceptors (Lipinski definition) is 4. The zero-order valence-electron chi connectivity index (χ0n) is 21.0. The Morgan fingerprint density at radius 2 is 1.76 bits per heavy atom. The van der Waals surface area contributed by atoms with Gasteiger partial charge in [-0.1, -0.05) is 90.6 Å². The molecule has 38 heavy (non-hydrogen) atoms. The van der Waals surface area contributed by atoms with Crippen LogP contribution < -0.4 is 10.1 Å². The minimum Gasteiger partial charge on any atom is -0.464 e. The summed E-state index contributed by atoms with van der Waals surface area (Å²) < 4.78 is 54.1. The van der Waals surface area contributed by atoms with Crippen molar-refractivity contribution in [3.8, 4) is 5.75 Å². The maximum atomic E-state index is 15.0. The van der Waals surface area contributed by atoms with Gasteiger partial charge < -0.3 is 9.47 Å². The number of hydrogen-bond donors (Lipinski definition) is 1. The molecule has 1 amide bonds. The lowest BCUT2D eigenvalue weighted by Crippen LogP contribution is -2.79. The average molecular weight is 592 g/mol. The van der Waals surface area contributed by atoms with E-state index in [1.165, 1.54) is 18.7 Å². The Morgan fingerprint density at radius 1 is 1.11 bits per heavy atom. The first-order chi connectivity index (χ1) is 17.8. The first-order valence-electron chi connectivity index (χ1n) is 12.2. The summed E-state index contributed by atoms with van der Waals surface area (Å²) in [6, 6.07) is 9.87. The highest BCUT2D eigenvalue weighted by Crippen LogP contribution is 2.52. The van der Waals surface area contributed by atoms with Crippen molar-refractivity contribution in [2.45, 2.75) is 66.7 Å². The number of nitrogens with one attached hydrogen (secondary N) is 1. The number of carbonyl (C=O) groups is 1. The smallest absolute Gasteiger partial charge is 0.411 e. The molecule has 5 nitrogen and oxygen atoms in total. The van der Waals surface area contributed by atoms with E-state index in [1.54, 1.807) is 30.3 Å². The third kappa shape index (κ3) is 4.74. The summed E-state index contributed by atoms with van der Waals surface area (Å²) in [5.74, 6) is -4.70. The summed E-state index contributed by atoms with van der Waals surface area (Å²) in [5.41, 5.74) is -3.93. The Bertz CT molecular complexity index is 1230. The van der Waals surface area contributed by atoms with Crippen LogP contribution in [-0.2, 0) is 10.3 Å². The SMILES string of the molecule is CCCC1(Oc2c(F)ccc(F)c2F)NCC2C=CCC1(c1ccccc1)N2C(=O)OC(C)(C)C(Cl)(Cl)Cl. The minimum absolute atomic E-state index is 0.146. The van der Waals surface area contributed by atoms with E-state index in [4.69, 9.17) is 44.3 Å². The van der Waals surface area contributed by atoms with Crippen molar-refractivity contribution in [1.82, 2.24) is 10.2 Å². The molecule has 3 atom stereocenters. The minimum atomic E-state index is -1.95. The Hall–Kier alpha value is -2.13. The summed E-state index contributed by atoms with van der Waals surface area (Å²) in [6.45, 7) is 4.94. The molecule has 0 spiro atoms. The van der Waals surface area contributed by atoms with E-state index >= 15 is 0 Å². The van der Waals surface area contributed by atoms with Crippen LogP contribution in [0.3, 0.4) is 0 Å². The number of benzene rings is 2. The molecule has 2 bridgehead atoms. The van der Waals surface area contributed by atoms with E-state index in [2.05, 4.69) is 5.32 Å². The molecule has 2 aromatic rings. The van der Waals surface area contributed by atoms with Crippen molar-refractivity contribution in [3.05, 3.63) is 77.6 Å². The molecule has 2 aliphatic heterocycles. The zero-order valence-corrected chi connectivity index (χ0v) is 23.3. The van der Waals surface area contributed by atoms with Crippen molar-refractivity contribution in [1.29, 1.82) is 0 Å². The number of halogens is 6. The second-order valence-electron chi connectivity index (χ2n) is 9.90. The normalized spacial score (nSPS) is 25.3. The van der Waals surface area contributed by atoms with Crippen LogP contribution in [0.15, 0.2) is 54.6 Å². The molecular weight excluding hydrogens is 564 g/mol. The maximum Gasteiger partial charge on any atom is 0.411 e. The molecular formula is C27H28Cl3F3N2O3. The lowest BCUT2D eigenvalue weighted by atomic mass is 9.69. The van der Waals surface area contributed by atoms with Gasteiger partial charge in [-0.15, -0.1) is 0 Å². The third-order valence-corrected chi connectivity index (χ3v) is 8.50. The molecule has 0 aromatic heterocycles. The van der Waals surface area contributed by atoms with Crippen molar-refractivity contribution in [2.24, 2.45) is 0 Å². The van der Waals surface area contributed by atoms with Gasteiger partial charge in [-0.05, 0) is 38.0 Å². The van der Waals surface area contributed by atoms with E-state index in [0.717, 1.165) is 6.07 Å². The Labute approximate surface area is 234 Å². The number of rotatable bonds is 6. The summed E-state index contributed by atoms with van der Waals surface area (Å²) in [7, 11) is 0. The van der Waals surface area contributed by atoms with Crippen molar-refractivity contribution in [2.75, 3.05) is 6.54 Å². The van der Waals surface area contributed by atoms with Crippen LogP contribution in [0.2, 0.25) is 0 Å². The molecule has 4 rings (SSSR count). The molecule has 1 fully saturated rings. The quantitative estimate of drug-likeness (QED) is 0.216. The molecule has 2 heterocycles. The Kier molecular flexibility index (Phi) is 7.94. The molecule has 3 unspecified atom stereocenters. The van der Waals surface area contributed by atoms with E-state index in [1.807, 2.05) is 19.1 Å². The number of alkyl halides is 3. The fourth-order valence-electron chi connectivity index (χ4n) is 5.21. The first-order valence-corrected chi connectivity index (χ1v) is 13.3. The second-order valence-corrected chi connectivity index (χ2v) is 12.2. The largest absolute Gasteiger partial charge is 0.464 e. The van der Waals surface area contributed by atoms with E-state index < -0.39 is 56.0 Å². The van der Waals surface area contributed by atoms with Crippen LogP contribution in [0.5, 0.6) is 5.75 Å². The van der Waals surface area contributed by atoms with Crippen LogP contribution in [0.4, 0.5) is 18.0 Å². The molecule has 0 aliphatic carbocycles. The van der Waals surface area contributed by atoms with Gasteiger partial charge in [-0.25, -0.2) is 13.6 Å². The van der Waals surface area contributed by atoms with Gasteiger partial charge in [0.15, 0.2) is 28.7 Å². The molecule has 0 saturated carbocycles. The number of nitrogens with zero attached hydrogens (tertiary/aromatic N) is 1. The van der Waals surface area contributed by atoms with Crippen molar-refractivity contribution >= 4 is 40.9 Å². The second kappa shape index (κ2) is 10.5. The predicted octanol–water partition coefficient (Wildman–Crippen LogP) is 7.39. The lowest BCUT2D eigenvalue weighted by Gasteiger charge is -2.62. The van der Waals surface area contributed by atoms with Crippen LogP contribution in [0.25, 0.3) is 0 Å². The monoisotopic (exact) mass is 590 g/mol. The Balaban J connectivity index is 1.95. The van der Waals surface area contributed by atoms with Crippen molar-refractivity contribution in [3.63, 3.8) is 0 Å². The van der Waals surface area contributed by atoms with Crippen LogP contribution in [-0.4, -0.2) is 38.7 Å². The topological polar surface area (TPSA) is 50.8 Å². The van der Waals surface area contributed by atoms with Crippen LogP contribution in [0, 0.1) is 17.5 Å². The summed E-state index contributed by atoms with van der Waals surface area (Å²) in [6.07, 6.45) is 3.76. The number of amides is 1. The van der Waals surface area contributed by atoms with Gasteiger partial charge in [0.05, 0.1) is 6.04 Å². The molecule has 2 aromatic carbocycles. The number of fused-ring (bicyclic) bond motifs is 2. The number of ether oxygens (including phenoxy) is 2. The van der Waals surface area contributed by atoms with Gasteiger partial charge >= 0.3 is 6.09 Å². The Morgan fingerprint density at radius 3 is 2.39 bits per heavy atom. The van der Waals surface area contributed by atoms with Gasteiger partial charge in [0, 0.05) is 13.0 Å². The fourth-order valence-corrected chi connectivity index (χ4v) is 5.33. The zero-order chi connectivity index (χ0) is 27.9. The average Bonchev–Trinajstić information content (AvgIpc) is 2.86. The number of piperazine rings is 1. The standard InChI is InChI=1S/C27H28Cl3F3N2O3/c1-4-14-26(37-22-20(32)13-12-19(31)21(22)33)25(17-9-6-5-7-10-17)15-8-11-18(16-34-26)35(25)23(36)38-24(2,3)27(28,29)30/h5-13,18,34H,4,14-16H2,1-3H3. The van der Waals surface area contributed by atoms with Crippen LogP contribution in [0.1, 0.15) is 45.6 Å². The number of carbonyl (C=O) groups excluding carboxylic acids is 1. The van der Waals surface area contributed by atoms with Crippen molar-refractivity contribution < 1.29 is 27.4 Å².